The summed E-state index contributed by atoms with van der Waals surface area (Å²) in [7, 11) is 0. The van der Waals surface area contributed by atoms with Gasteiger partial charge in [-0.25, -0.2) is 0 Å². The molecular weight excluding hydrogens is 139 g/mol. The Labute approximate surface area is 50.8 Å². The Morgan fingerprint density at radius 1 is 1.00 bits per heavy atom. The van der Waals surface area contributed by atoms with E-state index in [2.05, 4.69) is 13.8 Å². The molecule has 0 fully saturated rings. The number of hydrogen-bond acceptors (Lipinski definition) is 0. The van der Waals surface area contributed by atoms with E-state index >= 15 is 0 Å². The van der Waals surface area contributed by atoms with Crippen LogP contribution in [0.15, 0.2) is 0 Å². The molecule has 0 amide bonds. The average molecular weight is 153 g/mol. The van der Waals surface area contributed by atoms with Crippen LogP contribution in [-0.2, 0) is 0 Å². The van der Waals surface area contributed by atoms with Gasteiger partial charge in [-0.3, -0.25) is 0 Å². The fourth-order valence-electron chi connectivity index (χ4n) is 0.354. The van der Waals surface area contributed by atoms with E-state index in [4.69, 9.17) is 0 Å². The Bertz CT molecular complexity index is 11.4. The van der Waals surface area contributed by atoms with Crippen molar-refractivity contribution in [1.29, 1.82) is 0 Å². The Balaban J connectivity index is 0. The number of unbranched alkanes of at least 4 members (excludes halogenated alkanes) is 2. The van der Waals surface area contributed by atoms with Gasteiger partial charge >= 0.3 is 17.1 Å². The van der Waals surface area contributed by atoms with Gasteiger partial charge in [0.25, 0.3) is 0 Å². The van der Waals surface area contributed by atoms with Crippen LogP contribution in [0.3, 0.4) is 0 Å². The van der Waals surface area contributed by atoms with Gasteiger partial charge in [-0.2, -0.15) is 0 Å². The van der Waals surface area contributed by atoms with Crippen molar-refractivity contribution in [2.24, 2.45) is 0 Å². The zero-order valence-corrected chi connectivity index (χ0v) is 6.72. The predicted molar refractivity (Wildman–Crippen MR) is 33.7 cm³/mol. The maximum absolute atomic E-state index is 2.21. The summed E-state index contributed by atoms with van der Waals surface area (Å²) in [4.78, 5) is 0. The zero-order valence-electron chi connectivity index (χ0n) is 4.62. The van der Waals surface area contributed by atoms with Gasteiger partial charge in [0.15, 0.2) is 0 Å². The van der Waals surface area contributed by atoms with Crippen LogP contribution in [0.5, 0.6) is 0 Å². The van der Waals surface area contributed by atoms with E-state index in [1.807, 2.05) is 0 Å². The summed E-state index contributed by atoms with van der Waals surface area (Å²) in [6.07, 6.45) is 4.08. The molecule has 0 radical (unpaired) electrons. The molecule has 0 aliphatic carbocycles. The van der Waals surface area contributed by atoms with E-state index < -0.39 is 0 Å². The Hall–Kier alpha value is 0.519. The van der Waals surface area contributed by atoms with Crippen LogP contribution >= 0.6 is 0 Å². The summed E-state index contributed by atoms with van der Waals surface area (Å²) in [5.74, 6) is 0. The average Bonchev–Trinajstić information content (AvgIpc) is 1.41. The minimum absolute atomic E-state index is 0. The molecule has 0 nitrogen and oxygen atoms in total. The van der Waals surface area contributed by atoms with Crippen LogP contribution in [-0.4, -0.2) is 17.1 Å². The first-order chi connectivity index (χ1) is 2.41. The van der Waals surface area contributed by atoms with Gasteiger partial charge in [0, 0.05) is 0 Å². The van der Waals surface area contributed by atoms with Crippen LogP contribution in [0.25, 0.3) is 0 Å². The Morgan fingerprint density at radius 3 is 1.33 bits per heavy atom. The SMILES string of the molecule is CCCCC.[SeH2]. The van der Waals surface area contributed by atoms with Crippen molar-refractivity contribution in [3.05, 3.63) is 0 Å². The van der Waals surface area contributed by atoms with Gasteiger partial charge in [0.1, 0.15) is 0 Å². The van der Waals surface area contributed by atoms with Crippen LogP contribution in [0.1, 0.15) is 33.1 Å². The summed E-state index contributed by atoms with van der Waals surface area (Å²) in [5, 5.41) is 0. The number of hydrogen-bond donors (Lipinski definition) is 0. The van der Waals surface area contributed by atoms with E-state index in [1.54, 1.807) is 0 Å². The molecule has 0 aliphatic rings. The molecule has 0 aromatic heterocycles. The van der Waals surface area contributed by atoms with Crippen molar-refractivity contribution in [3.63, 3.8) is 0 Å². The van der Waals surface area contributed by atoms with E-state index in [1.165, 1.54) is 19.3 Å². The quantitative estimate of drug-likeness (QED) is 0.524. The van der Waals surface area contributed by atoms with E-state index in [-0.39, 0.29) is 17.1 Å². The molecule has 0 saturated heterocycles. The fraction of sp³-hybridized carbons (Fsp3) is 1.00. The van der Waals surface area contributed by atoms with Crippen LogP contribution < -0.4 is 0 Å². The predicted octanol–water partition coefficient (Wildman–Crippen LogP) is 1.28. The summed E-state index contributed by atoms with van der Waals surface area (Å²) in [6.45, 7) is 4.42. The van der Waals surface area contributed by atoms with Crippen molar-refractivity contribution < 1.29 is 0 Å². The molecule has 0 unspecified atom stereocenters. The molecule has 0 aliphatic heterocycles. The summed E-state index contributed by atoms with van der Waals surface area (Å²) in [6, 6.07) is 0. The van der Waals surface area contributed by atoms with Gasteiger partial charge in [-0.15, -0.1) is 0 Å². The third-order valence-electron chi connectivity index (χ3n) is 0.707. The molecule has 0 bridgehead atoms. The second-order valence-electron chi connectivity index (χ2n) is 1.35. The van der Waals surface area contributed by atoms with Crippen molar-refractivity contribution in [2.45, 2.75) is 33.1 Å². The van der Waals surface area contributed by atoms with Crippen LogP contribution in [0, 0.1) is 0 Å². The molecule has 0 aromatic carbocycles. The molecule has 0 rings (SSSR count). The molecule has 40 valence electrons. The van der Waals surface area contributed by atoms with E-state index in [0.29, 0.717) is 0 Å². The molecule has 0 spiro atoms. The molecular formula is C5H14Se. The monoisotopic (exact) mass is 154 g/mol. The second-order valence-corrected chi connectivity index (χ2v) is 1.35. The van der Waals surface area contributed by atoms with Crippen LogP contribution in [0.2, 0.25) is 0 Å². The summed E-state index contributed by atoms with van der Waals surface area (Å²) in [5.41, 5.74) is 0. The molecule has 0 atom stereocenters. The standard InChI is InChI=1S/C5H12.H2Se/c1-3-5-4-2;/h3-5H2,1-2H3;1H2. The van der Waals surface area contributed by atoms with Gasteiger partial charge in [0.2, 0.25) is 0 Å². The molecule has 0 aromatic rings. The Morgan fingerprint density at radius 2 is 1.33 bits per heavy atom. The number of rotatable bonds is 2. The van der Waals surface area contributed by atoms with Crippen molar-refractivity contribution in [2.75, 3.05) is 0 Å². The fourth-order valence-corrected chi connectivity index (χ4v) is 0.354. The van der Waals surface area contributed by atoms with Gasteiger partial charge in [0.05, 0.1) is 0 Å². The van der Waals surface area contributed by atoms with Crippen molar-refractivity contribution in [3.8, 4) is 0 Å². The summed E-state index contributed by atoms with van der Waals surface area (Å²) >= 11 is 0. The molecule has 0 N–H and O–H groups in total. The first kappa shape index (κ1) is 9.72. The molecule has 6 heavy (non-hydrogen) atoms. The summed E-state index contributed by atoms with van der Waals surface area (Å²) < 4.78 is 0. The minimum atomic E-state index is 0. The van der Waals surface area contributed by atoms with E-state index in [0.717, 1.165) is 0 Å². The normalized spacial score (nSPS) is 7.00. The molecule has 0 saturated carbocycles. The third-order valence-corrected chi connectivity index (χ3v) is 0.707. The van der Waals surface area contributed by atoms with Gasteiger partial charge < -0.3 is 0 Å². The van der Waals surface area contributed by atoms with E-state index in [9.17, 15) is 0 Å². The third kappa shape index (κ3) is 8.82. The topological polar surface area (TPSA) is 0 Å². The van der Waals surface area contributed by atoms with Crippen LogP contribution in [0.4, 0.5) is 0 Å². The Kier molecular flexibility index (Phi) is 14.8. The van der Waals surface area contributed by atoms with Gasteiger partial charge in [-0.05, 0) is 0 Å². The second kappa shape index (κ2) is 9.10. The first-order valence-electron chi connectivity index (χ1n) is 2.41. The van der Waals surface area contributed by atoms with Crippen molar-refractivity contribution >= 4 is 17.1 Å². The zero-order chi connectivity index (χ0) is 4.12. The maximum atomic E-state index is 2.21. The first-order valence-corrected chi connectivity index (χ1v) is 2.41. The molecule has 0 heterocycles. The molecule has 1 heteroatoms. The van der Waals surface area contributed by atoms with Crippen molar-refractivity contribution in [1.82, 2.24) is 0 Å². The van der Waals surface area contributed by atoms with Gasteiger partial charge in [-0.1, -0.05) is 33.1 Å².